The van der Waals surface area contributed by atoms with Crippen molar-refractivity contribution in [3.8, 4) is 0 Å². The molecule has 0 aromatic rings. The molecular formula is C13H27N2O5PS. The van der Waals surface area contributed by atoms with E-state index in [4.69, 9.17) is 4.89 Å². The van der Waals surface area contributed by atoms with Gasteiger partial charge in [0.25, 0.3) is 0 Å². The summed E-state index contributed by atoms with van der Waals surface area (Å²) in [5.74, 6) is 0.112. The standard InChI is InChI=1S/C13H27N2O5PS/c1-13(2,5-8-21(19)20)11(17)12(18)15-6-4-10(16)14-7-9-22-3/h11,17,21H,4-9H2,1-3H3,(H,14,16)(H,15,18)(H,19,20). The van der Waals surface area contributed by atoms with Crippen LogP contribution in [0.1, 0.15) is 26.7 Å². The molecule has 0 rings (SSSR count). The Bertz CT molecular complexity index is 393. The van der Waals surface area contributed by atoms with Gasteiger partial charge >= 0.3 is 0 Å². The van der Waals surface area contributed by atoms with E-state index >= 15 is 0 Å². The summed E-state index contributed by atoms with van der Waals surface area (Å²) < 4.78 is 10.8. The Morgan fingerprint density at radius 2 is 1.91 bits per heavy atom. The van der Waals surface area contributed by atoms with E-state index < -0.39 is 25.5 Å². The summed E-state index contributed by atoms with van der Waals surface area (Å²) >= 11 is 1.63. The Balaban J connectivity index is 4.09. The highest BCUT2D eigenvalue weighted by atomic mass is 32.2. The number of carbonyl (C=O) groups excluding carboxylic acids is 2. The predicted molar refractivity (Wildman–Crippen MR) is 89.5 cm³/mol. The fraction of sp³-hybridized carbons (Fsp3) is 0.846. The number of hydrogen-bond acceptors (Lipinski definition) is 5. The zero-order chi connectivity index (χ0) is 17.2. The molecule has 2 unspecified atom stereocenters. The zero-order valence-corrected chi connectivity index (χ0v) is 15.2. The molecule has 0 saturated heterocycles. The van der Waals surface area contributed by atoms with Crippen molar-refractivity contribution >= 4 is 31.6 Å². The highest BCUT2D eigenvalue weighted by Crippen LogP contribution is 2.30. The van der Waals surface area contributed by atoms with Crippen molar-refractivity contribution in [1.82, 2.24) is 10.6 Å². The van der Waals surface area contributed by atoms with Gasteiger partial charge in [-0.25, -0.2) is 0 Å². The second kappa shape index (κ2) is 11.0. The summed E-state index contributed by atoms with van der Waals surface area (Å²) in [7, 11) is -2.61. The van der Waals surface area contributed by atoms with Crippen LogP contribution in [0.2, 0.25) is 0 Å². The van der Waals surface area contributed by atoms with Crippen LogP contribution in [-0.4, -0.2) is 59.2 Å². The first kappa shape index (κ1) is 21.4. The van der Waals surface area contributed by atoms with Gasteiger partial charge < -0.3 is 20.6 Å². The molecule has 0 saturated carbocycles. The Morgan fingerprint density at radius 3 is 2.45 bits per heavy atom. The van der Waals surface area contributed by atoms with Crippen molar-refractivity contribution in [2.24, 2.45) is 5.41 Å². The van der Waals surface area contributed by atoms with Crippen LogP contribution in [-0.2, 0) is 14.2 Å². The van der Waals surface area contributed by atoms with Crippen molar-refractivity contribution in [1.29, 1.82) is 0 Å². The molecule has 7 nitrogen and oxygen atoms in total. The molecular weight excluding hydrogens is 327 g/mol. The maximum atomic E-state index is 11.8. The second-order valence-corrected chi connectivity index (χ2v) is 7.94. The van der Waals surface area contributed by atoms with Gasteiger partial charge in [-0.15, -0.1) is 0 Å². The van der Waals surface area contributed by atoms with Crippen molar-refractivity contribution < 1.29 is 24.2 Å². The van der Waals surface area contributed by atoms with Crippen LogP contribution in [0.25, 0.3) is 0 Å². The van der Waals surface area contributed by atoms with Crippen LogP contribution in [0.15, 0.2) is 0 Å². The smallest absolute Gasteiger partial charge is 0.249 e. The number of aliphatic hydroxyl groups is 1. The van der Waals surface area contributed by atoms with Gasteiger partial charge in [0.05, 0.1) is 0 Å². The van der Waals surface area contributed by atoms with Crippen molar-refractivity contribution in [2.75, 3.05) is 31.3 Å². The van der Waals surface area contributed by atoms with E-state index in [1.165, 1.54) is 0 Å². The van der Waals surface area contributed by atoms with Crippen LogP contribution in [0.3, 0.4) is 0 Å². The van der Waals surface area contributed by atoms with Gasteiger partial charge in [-0.3, -0.25) is 14.2 Å². The third-order valence-electron chi connectivity index (χ3n) is 3.25. The Morgan fingerprint density at radius 1 is 1.27 bits per heavy atom. The molecule has 0 aliphatic heterocycles. The van der Waals surface area contributed by atoms with E-state index in [9.17, 15) is 19.3 Å². The van der Waals surface area contributed by atoms with Crippen LogP contribution in [0, 0.1) is 5.41 Å². The van der Waals surface area contributed by atoms with Crippen LogP contribution in [0.4, 0.5) is 0 Å². The lowest BCUT2D eigenvalue weighted by molar-refractivity contribution is -0.135. The second-order valence-electron chi connectivity index (χ2n) is 5.67. The molecule has 2 amide bonds. The minimum absolute atomic E-state index is 0.0693. The minimum Gasteiger partial charge on any atom is -0.383 e. The summed E-state index contributed by atoms with van der Waals surface area (Å²) in [6.45, 7) is 4.06. The molecule has 0 aliphatic rings. The van der Waals surface area contributed by atoms with Crippen molar-refractivity contribution in [3.05, 3.63) is 0 Å². The summed E-state index contributed by atoms with van der Waals surface area (Å²) in [5.41, 5.74) is -0.798. The lowest BCUT2D eigenvalue weighted by Gasteiger charge is -2.29. The average Bonchev–Trinajstić information content (AvgIpc) is 2.44. The number of rotatable bonds is 11. The van der Waals surface area contributed by atoms with E-state index in [1.807, 2.05) is 6.26 Å². The number of thioether (sulfide) groups is 1. The lowest BCUT2D eigenvalue weighted by atomic mass is 9.83. The fourth-order valence-corrected chi connectivity index (χ4v) is 2.86. The monoisotopic (exact) mass is 354 g/mol. The normalized spacial score (nSPS) is 14.2. The molecule has 0 heterocycles. The molecule has 0 aromatic carbocycles. The number of aliphatic hydroxyl groups excluding tert-OH is 1. The first-order valence-electron chi connectivity index (χ1n) is 7.14. The molecule has 0 fully saturated rings. The molecule has 130 valence electrons. The first-order valence-corrected chi connectivity index (χ1v) is 10.1. The Hall–Kier alpha value is -0.560. The number of nitrogens with one attached hydrogen (secondary N) is 2. The highest BCUT2D eigenvalue weighted by Gasteiger charge is 2.33. The van der Waals surface area contributed by atoms with Gasteiger partial charge in [-0.2, -0.15) is 11.8 Å². The summed E-state index contributed by atoms with van der Waals surface area (Å²) in [6.07, 6.45) is 1.15. The SMILES string of the molecule is CSCCNC(=O)CCNC(=O)C(O)C(C)(C)CC[PH](=O)O. The largest absolute Gasteiger partial charge is 0.383 e. The Labute approximate surface area is 136 Å². The van der Waals surface area contributed by atoms with E-state index in [0.717, 1.165) is 5.75 Å². The van der Waals surface area contributed by atoms with Crippen LogP contribution < -0.4 is 10.6 Å². The maximum absolute atomic E-state index is 11.8. The molecule has 4 N–H and O–H groups in total. The fourth-order valence-electron chi connectivity index (χ4n) is 1.70. The topological polar surface area (TPSA) is 116 Å². The van der Waals surface area contributed by atoms with Gasteiger partial charge in [-0.1, -0.05) is 13.8 Å². The number of hydrogen-bond donors (Lipinski definition) is 4. The zero-order valence-electron chi connectivity index (χ0n) is 13.3. The molecule has 0 spiro atoms. The van der Waals surface area contributed by atoms with Crippen LogP contribution in [0.5, 0.6) is 0 Å². The molecule has 0 aliphatic carbocycles. The average molecular weight is 354 g/mol. The summed E-state index contributed by atoms with van der Waals surface area (Å²) in [6, 6.07) is 0. The van der Waals surface area contributed by atoms with Gasteiger partial charge in [0.2, 0.25) is 11.8 Å². The highest BCUT2D eigenvalue weighted by molar-refractivity contribution is 7.98. The van der Waals surface area contributed by atoms with Crippen molar-refractivity contribution in [2.45, 2.75) is 32.8 Å². The molecule has 0 aromatic heterocycles. The molecule has 2 atom stereocenters. The van der Waals surface area contributed by atoms with E-state index in [2.05, 4.69) is 10.6 Å². The number of amides is 2. The first-order chi connectivity index (χ1) is 10.2. The minimum atomic E-state index is -2.61. The predicted octanol–water partition coefficient (Wildman–Crippen LogP) is 0.216. The lowest BCUT2D eigenvalue weighted by Crippen LogP contribution is -2.45. The van der Waals surface area contributed by atoms with Gasteiger partial charge in [0.15, 0.2) is 8.03 Å². The summed E-state index contributed by atoms with van der Waals surface area (Å²) in [5, 5.41) is 15.2. The van der Waals surface area contributed by atoms with Gasteiger partial charge in [0.1, 0.15) is 6.10 Å². The Kier molecular flexibility index (Phi) is 10.8. The van der Waals surface area contributed by atoms with Gasteiger partial charge in [-0.05, 0) is 12.7 Å². The van der Waals surface area contributed by atoms with E-state index in [0.29, 0.717) is 6.54 Å². The van der Waals surface area contributed by atoms with E-state index in [-0.39, 0.29) is 31.5 Å². The summed E-state index contributed by atoms with van der Waals surface area (Å²) in [4.78, 5) is 32.1. The third-order valence-corrected chi connectivity index (χ3v) is 4.54. The van der Waals surface area contributed by atoms with Crippen LogP contribution >= 0.6 is 19.8 Å². The quantitative estimate of drug-likeness (QED) is 0.312. The molecule has 0 radical (unpaired) electrons. The van der Waals surface area contributed by atoms with Crippen molar-refractivity contribution in [3.63, 3.8) is 0 Å². The van der Waals surface area contributed by atoms with Gasteiger partial charge in [0, 0.05) is 36.8 Å². The molecule has 22 heavy (non-hydrogen) atoms. The number of carbonyl (C=O) groups is 2. The molecule has 9 heteroatoms. The van der Waals surface area contributed by atoms with E-state index in [1.54, 1.807) is 25.6 Å². The maximum Gasteiger partial charge on any atom is 0.249 e. The molecule has 0 bridgehead atoms. The third kappa shape index (κ3) is 9.46.